The molecule has 0 saturated heterocycles. The van der Waals surface area contributed by atoms with Crippen molar-refractivity contribution < 1.29 is 13.6 Å². The molecule has 2 aromatic rings. The summed E-state index contributed by atoms with van der Waals surface area (Å²) in [5.41, 5.74) is 0.160. The van der Waals surface area contributed by atoms with Crippen LogP contribution in [0, 0.1) is 5.41 Å². The zero-order chi connectivity index (χ0) is 18.1. The Hall–Kier alpha value is -2.52. The maximum atomic E-state index is 12.3. The van der Waals surface area contributed by atoms with E-state index in [4.69, 9.17) is 14.2 Å². The predicted molar refractivity (Wildman–Crippen MR) is 102 cm³/mol. The first-order valence-electron chi connectivity index (χ1n) is 7.88. The van der Waals surface area contributed by atoms with Crippen LogP contribution in [-0.2, 0) is 10.5 Å². The van der Waals surface area contributed by atoms with Gasteiger partial charge in [0.15, 0.2) is 10.9 Å². The number of hydrogen-bond donors (Lipinski definition) is 1. The van der Waals surface area contributed by atoms with Gasteiger partial charge in [0.1, 0.15) is 16.6 Å². The van der Waals surface area contributed by atoms with Crippen LogP contribution < -0.4 is 0 Å². The van der Waals surface area contributed by atoms with E-state index in [1.807, 2.05) is 25.1 Å². The van der Waals surface area contributed by atoms with E-state index in [1.165, 1.54) is 34.6 Å². The standard InChI is InChI=1S/C17H14N4O3S2/c1-2-13-20-21-15(18)12(16(22)19-17(21)26-13)8-10-5-6-14(24-10)25-9-11-4-3-7-23-11/h3-8,18H,2,9H2,1H3/b12-8+,18-15?. The summed E-state index contributed by atoms with van der Waals surface area (Å²) >= 11 is 2.81. The first kappa shape index (κ1) is 16.9. The van der Waals surface area contributed by atoms with Crippen LogP contribution in [0.1, 0.15) is 24.9 Å². The fraction of sp³-hybridized carbons (Fsp3) is 0.176. The molecular formula is C17H14N4O3S2. The third-order valence-electron chi connectivity index (χ3n) is 3.62. The van der Waals surface area contributed by atoms with Crippen LogP contribution in [0.25, 0.3) is 6.08 Å². The van der Waals surface area contributed by atoms with Crippen LogP contribution in [0.4, 0.5) is 0 Å². The van der Waals surface area contributed by atoms with Gasteiger partial charge in [0.25, 0.3) is 5.91 Å². The van der Waals surface area contributed by atoms with Crippen LogP contribution in [-0.4, -0.2) is 27.0 Å². The van der Waals surface area contributed by atoms with Crippen LogP contribution in [0.15, 0.2) is 60.1 Å². The topological polar surface area (TPSA) is 95.2 Å². The van der Waals surface area contributed by atoms with E-state index in [1.54, 1.807) is 12.3 Å². The number of fused-ring (bicyclic) bond motifs is 1. The molecule has 0 atom stereocenters. The Morgan fingerprint density at radius 1 is 1.38 bits per heavy atom. The summed E-state index contributed by atoms with van der Waals surface area (Å²) in [7, 11) is 0. The molecule has 0 bridgehead atoms. The second-order valence-electron chi connectivity index (χ2n) is 5.39. The highest BCUT2D eigenvalue weighted by atomic mass is 32.2. The van der Waals surface area contributed by atoms with Gasteiger partial charge in [-0.15, -0.1) is 0 Å². The van der Waals surface area contributed by atoms with Gasteiger partial charge < -0.3 is 8.83 Å². The van der Waals surface area contributed by atoms with Crippen molar-refractivity contribution in [1.82, 2.24) is 5.01 Å². The Morgan fingerprint density at radius 3 is 3.04 bits per heavy atom. The number of furan rings is 2. The summed E-state index contributed by atoms with van der Waals surface area (Å²) in [6.45, 7) is 1.97. The molecule has 4 rings (SSSR count). The number of hydrogen-bond acceptors (Lipinski definition) is 7. The number of amides is 1. The number of carbonyl (C=O) groups is 1. The van der Waals surface area contributed by atoms with Gasteiger partial charge in [-0.25, -0.2) is 0 Å². The normalized spacial score (nSPS) is 18.3. The summed E-state index contributed by atoms with van der Waals surface area (Å²) in [6, 6.07) is 7.32. The number of amidine groups is 2. The Kier molecular flexibility index (Phi) is 4.56. The number of hydrazone groups is 1. The number of aliphatic imine (C=N–C) groups is 1. The van der Waals surface area contributed by atoms with Gasteiger partial charge >= 0.3 is 0 Å². The highest BCUT2D eigenvalue weighted by Gasteiger charge is 2.35. The number of nitrogens with zero attached hydrogens (tertiary/aromatic N) is 3. The molecule has 7 nitrogen and oxygen atoms in total. The van der Waals surface area contributed by atoms with Crippen molar-refractivity contribution in [3.05, 3.63) is 47.6 Å². The van der Waals surface area contributed by atoms with Crippen LogP contribution >= 0.6 is 23.5 Å². The molecule has 2 aliphatic rings. The molecule has 0 aliphatic carbocycles. The van der Waals surface area contributed by atoms with Crippen molar-refractivity contribution in [2.75, 3.05) is 0 Å². The van der Waals surface area contributed by atoms with Gasteiger partial charge in [0.2, 0.25) is 5.17 Å². The monoisotopic (exact) mass is 386 g/mol. The molecule has 1 amide bonds. The number of thioether (sulfide) groups is 2. The van der Waals surface area contributed by atoms with Gasteiger partial charge in [-0.2, -0.15) is 15.1 Å². The molecule has 0 saturated carbocycles. The third kappa shape index (κ3) is 3.27. The lowest BCUT2D eigenvalue weighted by Gasteiger charge is -2.19. The summed E-state index contributed by atoms with van der Waals surface area (Å²) in [6.07, 6.45) is 3.90. The highest BCUT2D eigenvalue weighted by Crippen LogP contribution is 2.30. The average Bonchev–Trinajstić information content (AvgIpc) is 3.37. The lowest BCUT2D eigenvalue weighted by atomic mass is 10.1. The molecule has 0 spiro atoms. The molecule has 2 aromatic heterocycles. The van der Waals surface area contributed by atoms with Crippen molar-refractivity contribution in [3.8, 4) is 0 Å². The maximum absolute atomic E-state index is 12.3. The smallest absolute Gasteiger partial charge is 0.283 e. The first-order valence-corrected chi connectivity index (χ1v) is 9.68. The second kappa shape index (κ2) is 7.00. The molecule has 0 fully saturated rings. The van der Waals surface area contributed by atoms with Crippen molar-refractivity contribution in [2.45, 2.75) is 24.2 Å². The predicted octanol–water partition coefficient (Wildman–Crippen LogP) is 4.19. The van der Waals surface area contributed by atoms with Gasteiger partial charge in [0.05, 0.1) is 17.6 Å². The highest BCUT2D eigenvalue weighted by molar-refractivity contribution is 8.26. The minimum atomic E-state index is -0.456. The Balaban J connectivity index is 1.52. The van der Waals surface area contributed by atoms with Crippen molar-refractivity contribution in [2.24, 2.45) is 10.1 Å². The Bertz CT molecular complexity index is 957. The summed E-state index contributed by atoms with van der Waals surface area (Å²) in [5.74, 6) is 1.55. The van der Waals surface area contributed by atoms with Crippen LogP contribution in [0.5, 0.6) is 0 Å². The quantitative estimate of drug-likeness (QED) is 0.611. The lowest BCUT2D eigenvalue weighted by Crippen LogP contribution is -2.35. The molecule has 2 aliphatic heterocycles. The average molecular weight is 386 g/mol. The largest absolute Gasteiger partial charge is 0.468 e. The molecule has 4 heterocycles. The third-order valence-corrected chi connectivity index (χ3v) is 5.61. The lowest BCUT2D eigenvalue weighted by molar-refractivity contribution is -0.114. The maximum Gasteiger partial charge on any atom is 0.283 e. The molecule has 1 N–H and O–H groups in total. The molecular weight excluding hydrogens is 372 g/mol. The van der Waals surface area contributed by atoms with Gasteiger partial charge in [0, 0.05) is 0 Å². The summed E-state index contributed by atoms with van der Waals surface area (Å²) < 4.78 is 11.0. The van der Waals surface area contributed by atoms with Gasteiger partial charge in [-0.05, 0) is 48.5 Å². The number of rotatable bonds is 5. The van der Waals surface area contributed by atoms with E-state index in [2.05, 4.69) is 10.1 Å². The Morgan fingerprint density at radius 2 is 2.27 bits per heavy atom. The van der Waals surface area contributed by atoms with Crippen molar-refractivity contribution in [3.63, 3.8) is 0 Å². The fourth-order valence-corrected chi connectivity index (χ4v) is 3.94. The van der Waals surface area contributed by atoms with Crippen LogP contribution in [0.3, 0.4) is 0 Å². The van der Waals surface area contributed by atoms with Gasteiger partial charge in [-0.1, -0.05) is 18.7 Å². The zero-order valence-corrected chi connectivity index (χ0v) is 15.4. The minimum absolute atomic E-state index is 0.0112. The summed E-state index contributed by atoms with van der Waals surface area (Å²) in [5, 5.41) is 16.0. The van der Waals surface area contributed by atoms with E-state index >= 15 is 0 Å². The second-order valence-corrected chi connectivity index (χ2v) is 7.41. The SMILES string of the molecule is CCC1=NN2C(=N)/C(=C\c3ccc(SCc4ccco4)o3)C(=O)N=C2S1. The Labute approximate surface area is 157 Å². The number of carbonyl (C=O) groups excluding carboxylic acids is 1. The zero-order valence-electron chi connectivity index (χ0n) is 13.8. The number of nitrogens with one attached hydrogen (secondary N) is 1. The molecule has 132 valence electrons. The van der Waals surface area contributed by atoms with E-state index in [0.717, 1.165) is 17.2 Å². The van der Waals surface area contributed by atoms with E-state index in [0.29, 0.717) is 21.8 Å². The van der Waals surface area contributed by atoms with Gasteiger partial charge in [-0.3, -0.25) is 10.2 Å². The minimum Gasteiger partial charge on any atom is -0.468 e. The first-order chi connectivity index (χ1) is 12.6. The molecule has 0 radical (unpaired) electrons. The van der Waals surface area contributed by atoms with E-state index in [-0.39, 0.29) is 11.4 Å². The fourth-order valence-electron chi connectivity index (χ4n) is 2.34. The van der Waals surface area contributed by atoms with E-state index in [9.17, 15) is 4.79 Å². The van der Waals surface area contributed by atoms with E-state index < -0.39 is 5.91 Å². The van der Waals surface area contributed by atoms with Crippen molar-refractivity contribution >= 4 is 51.6 Å². The molecule has 26 heavy (non-hydrogen) atoms. The van der Waals surface area contributed by atoms with Crippen LogP contribution in [0.2, 0.25) is 0 Å². The molecule has 0 aromatic carbocycles. The summed E-state index contributed by atoms with van der Waals surface area (Å²) in [4.78, 5) is 16.3. The molecule has 9 heteroatoms. The van der Waals surface area contributed by atoms with Crippen molar-refractivity contribution in [1.29, 1.82) is 5.41 Å². The molecule has 0 unspecified atom stereocenters.